The van der Waals surface area contributed by atoms with Crippen molar-refractivity contribution in [2.45, 2.75) is 38.8 Å². The topological polar surface area (TPSA) is 37.8 Å². The van der Waals surface area contributed by atoms with Gasteiger partial charge in [0, 0.05) is 18.8 Å². The van der Waals surface area contributed by atoms with Crippen LogP contribution < -0.4 is 5.32 Å². The normalized spacial score (nSPS) is 12.3. The van der Waals surface area contributed by atoms with E-state index < -0.39 is 0 Å². The van der Waals surface area contributed by atoms with E-state index in [1.54, 1.807) is 12.5 Å². The highest BCUT2D eigenvalue weighted by Crippen LogP contribution is 2.20. The second-order valence-electron chi connectivity index (χ2n) is 4.83. The van der Waals surface area contributed by atoms with Gasteiger partial charge in [-0.05, 0) is 30.2 Å². The minimum absolute atomic E-state index is 0.196. The van der Waals surface area contributed by atoms with E-state index in [2.05, 4.69) is 22.2 Å². The Hall–Kier alpha value is -1.81. The molecule has 0 saturated heterocycles. The van der Waals surface area contributed by atoms with E-state index in [1.807, 2.05) is 18.2 Å². The highest BCUT2D eigenvalue weighted by molar-refractivity contribution is 5.20. The van der Waals surface area contributed by atoms with Gasteiger partial charge in [0.05, 0.1) is 5.69 Å². The second-order valence-corrected chi connectivity index (χ2v) is 4.83. The first-order valence-electron chi connectivity index (χ1n) is 7.03. The highest BCUT2D eigenvalue weighted by Gasteiger charge is 2.10. The lowest BCUT2D eigenvalue weighted by atomic mass is 10.0. The standard InChI is InChI=1S/C16H20FN3/c1-2-3-4-16(13-5-7-14(17)8-6-13)19-11-15-9-10-18-12-20-15/h5-10,12,16,19H,2-4,11H2,1H3. The van der Waals surface area contributed by atoms with Gasteiger partial charge in [-0.1, -0.05) is 31.9 Å². The maximum atomic E-state index is 13.0. The predicted molar refractivity (Wildman–Crippen MR) is 77.5 cm³/mol. The molecule has 0 fully saturated rings. The van der Waals surface area contributed by atoms with Crippen LogP contribution in [0.5, 0.6) is 0 Å². The maximum Gasteiger partial charge on any atom is 0.123 e. The monoisotopic (exact) mass is 273 g/mol. The van der Waals surface area contributed by atoms with Gasteiger partial charge in [0.25, 0.3) is 0 Å². The van der Waals surface area contributed by atoms with Crippen LogP contribution in [0.3, 0.4) is 0 Å². The number of halogens is 1. The summed E-state index contributed by atoms with van der Waals surface area (Å²) >= 11 is 0. The molecule has 1 aromatic heterocycles. The van der Waals surface area contributed by atoms with Crippen LogP contribution in [0.4, 0.5) is 4.39 Å². The molecule has 2 aromatic rings. The number of benzene rings is 1. The molecule has 0 aliphatic heterocycles. The molecular formula is C16H20FN3. The molecule has 1 heterocycles. The van der Waals surface area contributed by atoms with E-state index in [4.69, 9.17) is 0 Å². The first-order chi connectivity index (χ1) is 9.79. The van der Waals surface area contributed by atoms with Crippen LogP contribution in [0.15, 0.2) is 42.9 Å². The SMILES string of the molecule is CCCCC(NCc1ccncn1)c1ccc(F)cc1. The van der Waals surface area contributed by atoms with E-state index in [0.717, 1.165) is 30.5 Å². The van der Waals surface area contributed by atoms with Crippen molar-refractivity contribution in [1.82, 2.24) is 15.3 Å². The average Bonchev–Trinajstić information content (AvgIpc) is 2.50. The Bertz CT molecular complexity index is 499. The van der Waals surface area contributed by atoms with E-state index in [-0.39, 0.29) is 11.9 Å². The molecule has 1 aromatic carbocycles. The fourth-order valence-corrected chi connectivity index (χ4v) is 2.14. The third kappa shape index (κ3) is 4.38. The Morgan fingerprint density at radius 2 is 2.00 bits per heavy atom. The zero-order chi connectivity index (χ0) is 14.2. The highest BCUT2D eigenvalue weighted by atomic mass is 19.1. The van der Waals surface area contributed by atoms with Gasteiger partial charge in [0.15, 0.2) is 0 Å². The number of aromatic nitrogens is 2. The molecule has 0 aliphatic rings. The number of rotatable bonds is 7. The predicted octanol–water partition coefficient (Wildman–Crippen LogP) is 3.64. The van der Waals surface area contributed by atoms with E-state index >= 15 is 0 Å². The largest absolute Gasteiger partial charge is 0.304 e. The van der Waals surface area contributed by atoms with E-state index in [1.165, 1.54) is 12.1 Å². The lowest BCUT2D eigenvalue weighted by Gasteiger charge is -2.19. The third-order valence-electron chi connectivity index (χ3n) is 3.29. The minimum atomic E-state index is -0.196. The van der Waals surface area contributed by atoms with Crippen molar-refractivity contribution in [3.63, 3.8) is 0 Å². The van der Waals surface area contributed by atoms with Gasteiger partial charge in [-0.15, -0.1) is 0 Å². The first kappa shape index (κ1) is 14.6. The number of unbranched alkanes of at least 4 members (excludes halogenated alkanes) is 1. The Balaban J connectivity index is 2.01. The summed E-state index contributed by atoms with van der Waals surface area (Å²) in [5, 5.41) is 3.49. The Kier molecular flexibility index (Phi) is 5.62. The molecule has 0 spiro atoms. The number of hydrogen-bond donors (Lipinski definition) is 1. The lowest BCUT2D eigenvalue weighted by molar-refractivity contribution is 0.476. The van der Waals surface area contributed by atoms with Crippen molar-refractivity contribution >= 4 is 0 Å². The van der Waals surface area contributed by atoms with Gasteiger partial charge < -0.3 is 5.32 Å². The summed E-state index contributed by atoms with van der Waals surface area (Å²) < 4.78 is 13.0. The molecule has 0 saturated carbocycles. The van der Waals surface area contributed by atoms with Gasteiger partial charge in [-0.2, -0.15) is 0 Å². The molecule has 3 nitrogen and oxygen atoms in total. The molecule has 0 bridgehead atoms. The van der Waals surface area contributed by atoms with Gasteiger partial charge in [0.2, 0.25) is 0 Å². The van der Waals surface area contributed by atoms with Crippen molar-refractivity contribution in [3.05, 3.63) is 59.9 Å². The van der Waals surface area contributed by atoms with Crippen LogP contribution in [0, 0.1) is 5.82 Å². The zero-order valence-corrected chi connectivity index (χ0v) is 11.7. The molecule has 0 radical (unpaired) electrons. The number of nitrogens with one attached hydrogen (secondary N) is 1. The van der Waals surface area contributed by atoms with E-state index in [9.17, 15) is 4.39 Å². The van der Waals surface area contributed by atoms with Crippen molar-refractivity contribution < 1.29 is 4.39 Å². The average molecular weight is 273 g/mol. The molecule has 2 rings (SSSR count). The zero-order valence-electron chi connectivity index (χ0n) is 11.7. The molecule has 4 heteroatoms. The first-order valence-corrected chi connectivity index (χ1v) is 7.03. The summed E-state index contributed by atoms with van der Waals surface area (Å²) in [7, 11) is 0. The maximum absolute atomic E-state index is 13.0. The van der Waals surface area contributed by atoms with Crippen LogP contribution in [0.2, 0.25) is 0 Å². The molecule has 1 N–H and O–H groups in total. The number of nitrogens with zero attached hydrogens (tertiary/aromatic N) is 2. The lowest BCUT2D eigenvalue weighted by Crippen LogP contribution is -2.21. The van der Waals surface area contributed by atoms with Crippen LogP contribution in [0.25, 0.3) is 0 Å². The van der Waals surface area contributed by atoms with Crippen molar-refractivity contribution in [1.29, 1.82) is 0 Å². The van der Waals surface area contributed by atoms with Gasteiger partial charge >= 0.3 is 0 Å². The van der Waals surface area contributed by atoms with Crippen LogP contribution in [0.1, 0.15) is 43.5 Å². The molecule has 1 unspecified atom stereocenters. The van der Waals surface area contributed by atoms with Crippen LogP contribution in [-0.4, -0.2) is 9.97 Å². The fraction of sp³-hybridized carbons (Fsp3) is 0.375. The Morgan fingerprint density at radius 3 is 2.65 bits per heavy atom. The fourth-order valence-electron chi connectivity index (χ4n) is 2.14. The molecule has 0 aliphatic carbocycles. The molecule has 20 heavy (non-hydrogen) atoms. The minimum Gasteiger partial charge on any atom is -0.304 e. The molecule has 1 atom stereocenters. The number of hydrogen-bond acceptors (Lipinski definition) is 3. The smallest absolute Gasteiger partial charge is 0.123 e. The van der Waals surface area contributed by atoms with Gasteiger partial charge in [0.1, 0.15) is 12.1 Å². The van der Waals surface area contributed by atoms with Crippen LogP contribution in [-0.2, 0) is 6.54 Å². The van der Waals surface area contributed by atoms with Gasteiger partial charge in [-0.25, -0.2) is 14.4 Å². The molecular weight excluding hydrogens is 253 g/mol. The summed E-state index contributed by atoms with van der Waals surface area (Å²) in [6, 6.07) is 8.85. The quantitative estimate of drug-likeness (QED) is 0.837. The summed E-state index contributed by atoms with van der Waals surface area (Å²) in [5.41, 5.74) is 2.08. The Labute approximate surface area is 119 Å². The summed E-state index contributed by atoms with van der Waals surface area (Å²) in [4.78, 5) is 8.11. The summed E-state index contributed by atoms with van der Waals surface area (Å²) in [5.74, 6) is -0.196. The third-order valence-corrected chi connectivity index (χ3v) is 3.29. The molecule has 106 valence electrons. The molecule has 0 amide bonds. The van der Waals surface area contributed by atoms with Crippen LogP contribution >= 0.6 is 0 Å². The van der Waals surface area contributed by atoms with Crippen molar-refractivity contribution in [2.75, 3.05) is 0 Å². The van der Waals surface area contributed by atoms with E-state index in [0.29, 0.717) is 6.54 Å². The summed E-state index contributed by atoms with van der Waals surface area (Å²) in [6.45, 7) is 2.86. The summed E-state index contributed by atoms with van der Waals surface area (Å²) in [6.07, 6.45) is 6.61. The van der Waals surface area contributed by atoms with Gasteiger partial charge in [-0.3, -0.25) is 0 Å². The second kappa shape index (κ2) is 7.70. The van der Waals surface area contributed by atoms with Crippen molar-refractivity contribution in [3.8, 4) is 0 Å². The Morgan fingerprint density at radius 1 is 1.20 bits per heavy atom. The van der Waals surface area contributed by atoms with Crippen molar-refractivity contribution in [2.24, 2.45) is 0 Å².